The molecular formula is C6BF7-. The Hall–Kier alpha value is -1.21. The van der Waals surface area contributed by atoms with Gasteiger partial charge in [0, 0.05) is 0 Å². The lowest BCUT2D eigenvalue weighted by atomic mass is 9.84. The van der Waals surface area contributed by atoms with E-state index >= 15 is 0 Å². The highest BCUT2D eigenvalue weighted by molar-refractivity contribution is 6.60. The van der Waals surface area contributed by atoms with Gasteiger partial charge in [-0.05, 0) is 0 Å². The van der Waals surface area contributed by atoms with Crippen molar-refractivity contribution >= 4 is 12.7 Å². The first kappa shape index (κ1) is 10.9. The highest BCUT2D eigenvalue weighted by atomic mass is 19.2. The lowest BCUT2D eigenvalue weighted by molar-refractivity contribution is 0.382. The number of rotatable bonds is 1. The van der Waals surface area contributed by atoms with E-state index in [1.165, 1.54) is 0 Å². The quantitative estimate of drug-likeness (QED) is 0.291. The molecule has 0 amide bonds. The topological polar surface area (TPSA) is 0 Å². The van der Waals surface area contributed by atoms with Crippen LogP contribution in [-0.2, 0) is 0 Å². The normalized spacial score (nSPS) is 11.1. The average molecular weight is 216 g/mol. The van der Waals surface area contributed by atoms with Gasteiger partial charge in [-0.3, -0.25) is 0 Å². The third kappa shape index (κ3) is 1.44. The molecule has 0 aliphatic heterocycles. The van der Waals surface area contributed by atoms with Crippen molar-refractivity contribution in [3.63, 3.8) is 0 Å². The van der Waals surface area contributed by atoms with E-state index in [1.54, 1.807) is 0 Å². The molecule has 0 aromatic heterocycles. The summed E-state index contributed by atoms with van der Waals surface area (Å²) in [6.45, 7) is 0. The summed E-state index contributed by atoms with van der Waals surface area (Å²) in [6, 6.07) is 0. The Bertz CT molecular complexity index is 346. The van der Waals surface area contributed by atoms with Gasteiger partial charge in [0.15, 0.2) is 17.5 Å². The maximum absolute atomic E-state index is 12.5. The van der Waals surface area contributed by atoms with Crippen LogP contribution in [0.3, 0.4) is 0 Å². The zero-order chi connectivity index (χ0) is 11.0. The van der Waals surface area contributed by atoms with E-state index in [2.05, 4.69) is 0 Å². The average Bonchev–Trinajstić information content (AvgIpc) is 2.11. The summed E-state index contributed by atoms with van der Waals surface area (Å²) >= 11 is 0. The first-order chi connectivity index (χ1) is 6.37. The minimum Gasteiger partial charge on any atom is -0.504 e. The Morgan fingerprint density at radius 2 is 0.857 bits per heavy atom. The van der Waals surface area contributed by atoms with Crippen molar-refractivity contribution in [1.29, 1.82) is 0 Å². The van der Waals surface area contributed by atoms with Crippen molar-refractivity contribution in [2.75, 3.05) is 0 Å². The van der Waals surface area contributed by atoms with Crippen LogP contribution in [0.25, 0.3) is 0 Å². The van der Waals surface area contributed by atoms with Crippen LogP contribution < -0.4 is 5.46 Å². The van der Waals surface area contributed by atoms with Crippen LogP contribution >= 0.6 is 0 Å². The molecule has 0 aliphatic carbocycles. The van der Waals surface area contributed by atoms with Crippen LogP contribution in [0, 0.1) is 29.1 Å². The number of benzene rings is 1. The largest absolute Gasteiger partial charge is 0.504 e. The van der Waals surface area contributed by atoms with Gasteiger partial charge >= 0.3 is 0 Å². The van der Waals surface area contributed by atoms with Gasteiger partial charge in [-0.1, -0.05) is 5.46 Å². The molecule has 0 saturated carbocycles. The van der Waals surface area contributed by atoms with E-state index in [9.17, 15) is 30.6 Å². The molecule has 0 bridgehead atoms. The Labute approximate surface area is 73.5 Å². The fraction of sp³-hybridized carbons (Fsp3) is 0. The molecule has 0 aliphatic rings. The van der Waals surface area contributed by atoms with E-state index in [-0.39, 0.29) is 0 Å². The molecule has 0 spiro atoms. The molecule has 0 unspecified atom stereocenters. The minimum absolute atomic E-state index is 2.11. The maximum atomic E-state index is 12.5. The molecule has 1 rings (SSSR count). The molecule has 0 nitrogen and oxygen atoms in total. The van der Waals surface area contributed by atoms with Crippen molar-refractivity contribution < 1.29 is 30.6 Å². The van der Waals surface area contributed by atoms with Crippen molar-refractivity contribution in [3.8, 4) is 0 Å². The third-order valence-corrected chi connectivity index (χ3v) is 1.46. The monoisotopic (exact) mass is 216 g/mol. The van der Waals surface area contributed by atoms with Crippen molar-refractivity contribution in [1.82, 2.24) is 0 Å². The molecule has 0 heterocycles. The number of hydrogen-bond acceptors (Lipinski definition) is 0. The predicted molar refractivity (Wildman–Crippen MR) is 33.8 cm³/mol. The van der Waals surface area contributed by atoms with E-state index in [0.717, 1.165) is 0 Å². The lowest BCUT2D eigenvalue weighted by Crippen LogP contribution is -2.31. The van der Waals surface area contributed by atoms with Crippen molar-refractivity contribution in [2.24, 2.45) is 0 Å². The Morgan fingerprint density at radius 3 is 1.14 bits per heavy atom. The van der Waals surface area contributed by atoms with Crippen LogP contribution in [0.1, 0.15) is 0 Å². The zero-order valence-corrected chi connectivity index (χ0v) is 6.22. The van der Waals surface area contributed by atoms with Crippen LogP contribution in [0.15, 0.2) is 0 Å². The summed E-state index contributed by atoms with van der Waals surface area (Å²) in [4.78, 5) is 0. The van der Waals surface area contributed by atoms with Gasteiger partial charge in [-0.15, -0.1) is 0 Å². The second-order valence-corrected chi connectivity index (χ2v) is 2.28. The molecule has 8 heteroatoms. The van der Waals surface area contributed by atoms with Gasteiger partial charge in [-0.2, -0.15) is 0 Å². The van der Waals surface area contributed by atoms with E-state index in [4.69, 9.17) is 0 Å². The Balaban J connectivity index is 3.60. The van der Waals surface area contributed by atoms with Gasteiger partial charge in [0.25, 0.3) is 7.27 Å². The molecule has 0 saturated heterocycles. The number of halogens is 7. The van der Waals surface area contributed by atoms with Crippen LogP contribution in [-0.4, -0.2) is 7.27 Å². The maximum Gasteiger partial charge on any atom is 0.265 e. The summed E-state index contributed by atoms with van der Waals surface area (Å²) in [5, 5.41) is 0. The summed E-state index contributed by atoms with van der Waals surface area (Å²) < 4.78 is 85.4. The van der Waals surface area contributed by atoms with E-state index < -0.39 is 41.8 Å². The van der Waals surface area contributed by atoms with Gasteiger partial charge in [0.05, 0.1) is 0 Å². The first-order valence-electron chi connectivity index (χ1n) is 3.17. The standard InChI is InChI=1S/C6BF7/c8-2-1(7(13)14)3(9)5(11)6(12)4(2)10/q-1. The lowest BCUT2D eigenvalue weighted by Gasteiger charge is -2.13. The highest BCUT2D eigenvalue weighted by Crippen LogP contribution is 2.17. The summed E-state index contributed by atoms with van der Waals surface area (Å²) in [7, 11) is -3.76. The molecule has 1 aromatic rings. The van der Waals surface area contributed by atoms with Crippen molar-refractivity contribution in [2.45, 2.75) is 0 Å². The fourth-order valence-corrected chi connectivity index (χ4v) is 0.813. The van der Waals surface area contributed by atoms with E-state index in [0.29, 0.717) is 0 Å². The fourth-order valence-electron chi connectivity index (χ4n) is 0.813. The van der Waals surface area contributed by atoms with Crippen molar-refractivity contribution in [3.05, 3.63) is 29.1 Å². The highest BCUT2D eigenvalue weighted by Gasteiger charge is 2.24. The Kier molecular flexibility index (Phi) is 2.72. The molecule has 1 aromatic carbocycles. The summed E-state index contributed by atoms with van der Waals surface area (Å²) in [5.41, 5.74) is -2.11. The molecule has 14 heavy (non-hydrogen) atoms. The SMILES string of the molecule is F[B-](F)c1c(F)c(F)c(F)c(F)c1F. The smallest absolute Gasteiger partial charge is 0.265 e. The molecular weight excluding hydrogens is 216 g/mol. The third-order valence-electron chi connectivity index (χ3n) is 1.46. The van der Waals surface area contributed by atoms with Crippen LogP contribution in [0.2, 0.25) is 0 Å². The van der Waals surface area contributed by atoms with Gasteiger partial charge in [0.2, 0.25) is 0 Å². The predicted octanol–water partition coefficient (Wildman–Crippen LogP) is 2.02. The summed E-state index contributed by atoms with van der Waals surface area (Å²) in [5.74, 6) is -12.2. The second-order valence-electron chi connectivity index (χ2n) is 2.28. The molecule has 77 valence electrons. The van der Waals surface area contributed by atoms with Gasteiger partial charge in [-0.25, -0.2) is 22.0 Å². The molecule has 0 atom stereocenters. The number of hydrogen-bond donors (Lipinski definition) is 0. The second kappa shape index (κ2) is 3.51. The van der Waals surface area contributed by atoms with Crippen LogP contribution in [0.4, 0.5) is 30.6 Å². The van der Waals surface area contributed by atoms with E-state index in [1.807, 2.05) is 0 Å². The minimum atomic E-state index is -3.76. The first-order valence-corrected chi connectivity index (χ1v) is 3.17. The van der Waals surface area contributed by atoms with Crippen LogP contribution in [0.5, 0.6) is 0 Å². The summed E-state index contributed by atoms with van der Waals surface area (Å²) in [6.07, 6.45) is 0. The Morgan fingerprint density at radius 1 is 0.571 bits per heavy atom. The van der Waals surface area contributed by atoms with Gasteiger partial charge in [0.1, 0.15) is 11.6 Å². The van der Waals surface area contributed by atoms with Gasteiger partial charge < -0.3 is 8.63 Å². The zero-order valence-electron chi connectivity index (χ0n) is 6.22. The molecule has 0 fully saturated rings. The molecule has 0 N–H and O–H groups in total. The molecule has 1 radical (unpaired) electrons.